The maximum absolute atomic E-state index is 12.1. The summed E-state index contributed by atoms with van der Waals surface area (Å²) in [6, 6.07) is 15.7. The first-order chi connectivity index (χ1) is 13.9. The molecule has 0 atom stereocenters. The Morgan fingerprint density at radius 3 is 2.69 bits per heavy atom. The van der Waals surface area contributed by atoms with E-state index < -0.39 is 0 Å². The van der Waals surface area contributed by atoms with Crippen LogP contribution in [0.3, 0.4) is 0 Å². The number of rotatable bonds is 7. The highest BCUT2D eigenvalue weighted by Gasteiger charge is 2.13. The van der Waals surface area contributed by atoms with Crippen LogP contribution in [0.4, 0.5) is 5.69 Å². The molecule has 0 saturated carbocycles. The molecule has 0 unspecified atom stereocenters. The summed E-state index contributed by atoms with van der Waals surface area (Å²) in [5.74, 6) is 0.734. The maximum Gasteiger partial charge on any atom is 0.250 e. The Morgan fingerprint density at radius 1 is 1.24 bits per heavy atom. The van der Waals surface area contributed by atoms with Crippen LogP contribution < -0.4 is 10.3 Å². The lowest BCUT2D eigenvalue weighted by atomic mass is 10.2. The summed E-state index contributed by atoms with van der Waals surface area (Å²) in [6.45, 7) is 0. The number of hydrogen-bond donors (Lipinski definition) is 1. The van der Waals surface area contributed by atoms with Gasteiger partial charge in [0, 0.05) is 36.9 Å². The van der Waals surface area contributed by atoms with Gasteiger partial charge in [0.25, 0.3) is 5.91 Å². The Kier molecular flexibility index (Phi) is 7.05. The second-order valence-corrected chi connectivity index (χ2v) is 8.30. The molecular weight excluding hydrogens is 452 g/mol. The van der Waals surface area contributed by atoms with Crippen molar-refractivity contribution < 1.29 is 4.79 Å². The number of thioether (sulfide) groups is 1. The molecule has 0 saturated heterocycles. The second-order valence-electron chi connectivity index (χ2n) is 6.44. The van der Waals surface area contributed by atoms with Crippen LogP contribution in [-0.4, -0.2) is 46.7 Å². The van der Waals surface area contributed by atoms with E-state index in [2.05, 4.69) is 36.7 Å². The number of aromatic nitrogens is 3. The molecule has 150 valence electrons. The highest BCUT2D eigenvalue weighted by atomic mass is 79.9. The van der Waals surface area contributed by atoms with Crippen molar-refractivity contribution in [1.82, 2.24) is 20.2 Å². The predicted octanol–water partition coefficient (Wildman–Crippen LogP) is 3.55. The van der Waals surface area contributed by atoms with Gasteiger partial charge in [-0.3, -0.25) is 4.79 Å². The Labute approximate surface area is 182 Å². The number of hydrogen-bond acceptors (Lipinski definition) is 6. The van der Waals surface area contributed by atoms with Crippen molar-refractivity contribution in [3.05, 3.63) is 58.6 Å². The third-order valence-electron chi connectivity index (χ3n) is 4.06. The van der Waals surface area contributed by atoms with E-state index in [4.69, 9.17) is 0 Å². The van der Waals surface area contributed by atoms with Gasteiger partial charge < -0.3 is 9.47 Å². The van der Waals surface area contributed by atoms with Crippen molar-refractivity contribution in [3.8, 4) is 11.4 Å². The Morgan fingerprint density at radius 2 is 2.00 bits per heavy atom. The number of amides is 1. The number of anilines is 1. The fourth-order valence-corrected chi connectivity index (χ4v) is 3.62. The Balaban J connectivity index is 1.53. The van der Waals surface area contributed by atoms with E-state index in [1.807, 2.05) is 79.1 Å². The number of benzene rings is 2. The van der Waals surface area contributed by atoms with Gasteiger partial charge in [-0.2, -0.15) is 5.10 Å². The maximum atomic E-state index is 12.1. The van der Waals surface area contributed by atoms with E-state index in [0.29, 0.717) is 5.16 Å². The zero-order valence-electron chi connectivity index (χ0n) is 16.3. The molecule has 0 radical (unpaired) electrons. The monoisotopic (exact) mass is 472 g/mol. The average molecular weight is 473 g/mol. The van der Waals surface area contributed by atoms with Crippen molar-refractivity contribution in [2.75, 3.05) is 24.7 Å². The molecule has 3 aromatic rings. The first-order valence-electron chi connectivity index (χ1n) is 8.81. The van der Waals surface area contributed by atoms with Crippen LogP contribution in [0.15, 0.2) is 63.3 Å². The molecule has 0 aliphatic carbocycles. The number of nitrogens with zero attached hydrogens (tertiary/aromatic N) is 5. The predicted molar refractivity (Wildman–Crippen MR) is 121 cm³/mol. The van der Waals surface area contributed by atoms with Crippen molar-refractivity contribution >= 4 is 45.5 Å². The minimum absolute atomic E-state index is 0.196. The van der Waals surface area contributed by atoms with Gasteiger partial charge in [-0.15, -0.1) is 10.2 Å². The van der Waals surface area contributed by atoms with Crippen LogP contribution in [0.5, 0.6) is 0 Å². The quantitative estimate of drug-likeness (QED) is 0.323. The SMILES string of the molecule is CN(C)c1ccc(/C=N/NC(=O)CSc2nnc(-c3cccc(Br)c3)n2C)cc1. The second kappa shape index (κ2) is 9.71. The van der Waals surface area contributed by atoms with E-state index in [-0.39, 0.29) is 11.7 Å². The Bertz CT molecular complexity index is 1020. The van der Waals surface area contributed by atoms with E-state index in [9.17, 15) is 4.79 Å². The van der Waals surface area contributed by atoms with Gasteiger partial charge in [-0.25, -0.2) is 5.43 Å². The first-order valence-corrected chi connectivity index (χ1v) is 10.6. The molecule has 7 nitrogen and oxygen atoms in total. The summed E-state index contributed by atoms with van der Waals surface area (Å²) in [5.41, 5.74) is 5.51. The number of halogens is 1. The van der Waals surface area contributed by atoms with Gasteiger partial charge in [0.15, 0.2) is 11.0 Å². The molecule has 0 aliphatic rings. The largest absolute Gasteiger partial charge is 0.378 e. The minimum Gasteiger partial charge on any atom is -0.378 e. The molecule has 1 heterocycles. The van der Waals surface area contributed by atoms with Gasteiger partial charge in [0.1, 0.15) is 0 Å². The van der Waals surface area contributed by atoms with E-state index in [0.717, 1.165) is 27.1 Å². The summed E-state index contributed by atoms with van der Waals surface area (Å²) in [5, 5.41) is 13.1. The third kappa shape index (κ3) is 5.68. The molecule has 3 rings (SSSR count). The van der Waals surface area contributed by atoms with E-state index in [1.54, 1.807) is 6.21 Å². The molecule has 2 aromatic carbocycles. The van der Waals surface area contributed by atoms with Gasteiger partial charge in [-0.1, -0.05) is 52.0 Å². The standard InChI is InChI=1S/C20H21BrN6OS/c1-26(2)17-9-7-14(8-10-17)12-22-23-18(28)13-29-20-25-24-19(27(20)3)15-5-4-6-16(21)11-15/h4-12H,13H2,1-3H3,(H,23,28)/b22-12+. The molecule has 1 aromatic heterocycles. The van der Waals surface area contributed by atoms with Crippen LogP contribution in [0.1, 0.15) is 5.56 Å². The summed E-state index contributed by atoms with van der Waals surface area (Å²) < 4.78 is 2.84. The van der Waals surface area contributed by atoms with Gasteiger partial charge in [0.05, 0.1) is 12.0 Å². The molecule has 0 spiro atoms. The molecule has 29 heavy (non-hydrogen) atoms. The number of hydrazone groups is 1. The lowest BCUT2D eigenvalue weighted by Gasteiger charge is -2.11. The number of nitrogens with one attached hydrogen (secondary N) is 1. The topological polar surface area (TPSA) is 75.4 Å². The zero-order valence-corrected chi connectivity index (χ0v) is 18.7. The van der Waals surface area contributed by atoms with Crippen molar-refractivity contribution in [3.63, 3.8) is 0 Å². The molecule has 1 N–H and O–H groups in total. The Hall–Kier alpha value is -2.65. The van der Waals surface area contributed by atoms with Gasteiger partial charge in [-0.05, 0) is 29.8 Å². The number of carbonyl (C=O) groups is 1. The minimum atomic E-state index is -0.205. The lowest BCUT2D eigenvalue weighted by Crippen LogP contribution is -2.19. The molecular formula is C20H21BrN6OS. The van der Waals surface area contributed by atoms with E-state index >= 15 is 0 Å². The average Bonchev–Trinajstić information content (AvgIpc) is 3.07. The highest BCUT2D eigenvalue weighted by molar-refractivity contribution is 9.10. The third-order valence-corrected chi connectivity index (χ3v) is 5.58. The van der Waals surface area contributed by atoms with Crippen LogP contribution in [0.2, 0.25) is 0 Å². The first kappa shape index (κ1) is 21.1. The van der Waals surface area contributed by atoms with Crippen LogP contribution in [0, 0.1) is 0 Å². The lowest BCUT2D eigenvalue weighted by molar-refractivity contribution is -0.118. The zero-order chi connectivity index (χ0) is 20.8. The summed E-state index contributed by atoms with van der Waals surface area (Å²) in [7, 11) is 5.85. The van der Waals surface area contributed by atoms with Gasteiger partial charge >= 0.3 is 0 Å². The smallest absolute Gasteiger partial charge is 0.250 e. The molecule has 0 aliphatic heterocycles. The molecule has 0 fully saturated rings. The molecule has 1 amide bonds. The van der Waals surface area contributed by atoms with Gasteiger partial charge in [0.2, 0.25) is 0 Å². The normalized spacial score (nSPS) is 11.0. The fourth-order valence-electron chi connectivity index (χ4n) is 2.52. The van der Waals surface area contributed by atoms with Crippen molar-refractivity contribution in [2.24, 2.45) is 12.1 Å². The summed E-state index contributed by atoms with van der Waals surface area (Å²) in [6.07, 6.45) is 1.62. The van der Waals surface area contributed by atoms with Crippen molar-refractivity contribution in [2.45, 2.75) is 5.16 Å². The fraction of sp³-hybridized carbons (Fsp3) is 0.200. The summed E-state index contributed by atoms with van der Waals surface area (Å²) in [4.78, 5) is 14.1. The van der Waals surface area contributed by atoms with E-state index in [1.165, 1.54) is 11.8 Å². The molecule has 9 heteroatoms. The van der Waals surface area contributed by atoms with Crippen LogP contribution in [-0.2, 0) is 11.8 Å². The van der Waals surface area contributed by atoms with Crippen molar-refractivity contribution in [1.29, 1.82) is 0 Å². The van der Waals surface area contributed by atoms with Crippen LogP contribution >= 0.6 is 27.7 Å². The molecule has 0 bridgehead atoms. The summed E-state index contributed by atoms with van der Waals surface area (Å²) >= 11 is 4.77. The van der Waals surface area contributed by atoms with Crippen LogP contribution in [0.25, 0.3) is 11.4 Å². The number of carbonyl (C=O) groups excluding carboxylic acids is 1. The highest BCUT2D eigenvalue weighted by Crippen LogP contribution is 2.24.